The van der Waals surface area contributed by atoms with Crippen molar-refractivity contribution >= 4 is 0 Å². The number of hydrogen-bond donors (Lipinski definition) is 0. The van der Waals surface area contributed by atoms with Crippen molar-refractivity contribution in [3.8, 4) is 5.75 Å². The normalized spacial score (nSPS) is 18.5. The van der Waals surface area contributed by atoms with Gasteiger partial charge in [0, 0.05) is 13.1 Å². The molecule has 1 aliphatic rings. The van der Waals surface area contributed by atoms with E-state index in [0.717, 1.165) is 44.6 Å². The van der Waals surface area contributed by atoms with Crippen LogP contribution in [0.1, 0.15) is 25.3 Å². The van der Waals surface area contributed by atoms with Gasteiger partial charge in [-0.25, -0.2) is 0 Å². The van der Waals surface area contributed by atoms with E-state index in [1.807, 2.05) is 0 Å². The third-order valence-corrected chi connectivity index (χ3v) is 3.47. The molecule has 0 N–H and O–H groups in total. The highest BCUT2D eigenvalue weighted by Crippen LogP contribution is 2.30. The Labute approximate surface area is 111 Å². The van der Waals surface area contributed by atoms with Gasteiger partial charge in [0.1, 0.15) is 11.9 Å². The summed E-state index contributed by atoms with van der Waals surface area (Å²) in [6.07, 6.45) is -2.33. The van der Waals surface area contributed by atoms with Crippen molar-refractivity contribution in [3.63, 3.8) is 0 Å². The van der Waals surface area contributed by atoms with Gasteiger partial charge in [0.05, 0.1) is 5.56 Å². The molecular weight excluding hydrogens is 255 g/mol. The molecular formula is C14H18F3NO. The number of ether oxygens (including phenoxy) is 1. The minimum absolute atomic E-state index is 0.111. The molecule has 0 spiro atoms. The van der Waals surface area contributed by atoms with Crippen LogP contribution in [0.15, 0.2) is 24.3 Å². The summed E-state index contributed by atoms with van der Waals surface area (Å²) < 4.78 is 43.0. The summed E-state index contributed by atoms with van der Waals surface area (Å²) in [4.78, 5) is 2.34. The zero-order valence-corrected chi connectivity index (χ0v) is 10.9. The summed E-state index contributed by atoms with van der Waals surface area (Å²) >= 11 is 0. The van der Waals surface area contributed by atoms with Gasteiger partial charge in [-0.15, -0.1) is 0 Å². The van der Waals surface area contributed by atoms with Crippen LogP contribution in [-0.4, -0.2) is 30.6 Å². The van der Waals surface area contributed by atoms with Crippen LogP contribution < -0.4 is 4.74 Å². The first-order chi connectivity index (χ1) is 8.99. The third-order valence-electron chi connectivity index (χ3n) is 3.47. The predicted molar refractivity (Wildman–Crippen MR) is 67.2 cm³/mol. The molecule has 0 bridgehead atoms. The summed E-state index contributed by atoms with van der Waals surface area (Å²) in [6, 6.07) is 4.93. The molecule has 0 saturated carbocycles. The van der Waals surface area contributed by atoms with Gasteiger partial charge in [0.2, 0.25) is 0 Å². The van der Waals surface area contributed by atoms with Crippen molar-refractivity contribution in [3.05, 3.63) is 29.8 Å². The molecule has 0 atom stereocenters. The molecule has 5 heteroatoms. The van der Waals surface area contributed by atoms with Gasteiger partial charge in [-0.1, -0.05) is 6.92 Å². The van der Waals surface area contributed by atoms with E-state index in [9.17, 15) is 13.2 Å². The van der Waals surface area contributed by atoms with E-state index in [0.29, 0.717) is 5.75 Å². The molecule has 1 heterocycles. The highest BCUT2D eigenvalue weighted by molar-refractivity contribution is 5.29. The first kappa shape index (κ1) is 14.2. The summed E-state index contributed by atoms with van der Waals surface area (Å²) in [5.74, 6) is 0.517. The molecule has 2 rings (SSSR count). The van der Waals surface area contributed by atoms with Crippen LogP contribution in [0.4, 0.5) is 13.2 Å². The molecule has 19 heavy (non-hydrogen) atoms. The Hall–Kier alpha value is -1.23. The van der Waals surface area contributed by atoms with E-state index in [-0.39, 0.29) is 6.10 Å². The maximum Gasteiger partial charge on any atom is 0.416 e. The second-order valence-electron chi connectivity index (χ2n) is 4.77. The third kappa shape index (κ3) is 3.86. The molecule has 0 aliphatic carbocycles. The van der Waals surface area contributed by atoms with E-state index in [1.54, 1.807) is 0 Å². The monoisotopic (exact) mass is 273 g/mol. The van der Waals surface area contributed by atoms with Gasteiger partial charge in [-0.05, 0) is 43.7 Å². The van der Waals surface area contributed by atoms with E-state index >= 15 is 0 Å². The first-order valence-electron chi connectivity index (χ1n) is 6.55. The van der Waals surface area contributed by atoms with Crippen molar-refractivity contribution in [2.75, 3.05) is 19.6 Å². The molecule has 1 aromatic rings. The maximum absolute atomic E-state index is 12.4. The molecule has 1 saturated heterocycles. The van der Waals surface area contributed by atoms with E-state index in [1.165, 1.54) is 12.1 Å². The zero-order chi connectivity index (χ0) is 13.9. The van der Waals surface area contributed by atoms with E-state index < -0.39 is 11.7 Å². The number of hydrogen-bond acceptors (Lipinski definition) is 2. The lowest BCUT2D eigenvalue weighted by molar-refractivity contribution is -0.137. The minimum atomic E-state index is -4.29. The summed E-state index contributed by atoms with van der Waals surface area (Å²) in [7, 11) is 0. The lowest BCUT2D eigenvalue weighted by atomic mass is 10.1. The topological polar surface area (TPSA) is 12.5 Å². The molecule has 0 aromatic heterocycles. The molecule has 1 aliphatic heterocycles. The van der Waals surface area contributed by atoms with Crippen LogP contribution in [0.5, 0.6) is 5.75 Å². The van der Waals surface area contributed by atoms with Crippen LogP contribution >= 0.6 is 0 Å². The summed E-state index contributed by atoms with van der Waals surface area (Å²) in [5, 5.41) is 0. The van der Waals surface area contributed by atoms with E-state index in [2.05, 4.69) is 11.8 Å². The number of nitrogens with zero attached hydrogens (tertiary/aromatic N) is 1. The Bertz CT molecular complexity index is 394. The lowest BCUT2D eigenvalue weighted by Crippen LogP contribution is -2.37. The molecule has 0 radical (unpaired) electrons. The molecule has 2 nitrogen and oxygen atoms in total. The smallest absolute Gasteiger partial charge is 0.416 e. The van der Waals surface area contributed by atoms with Crippen molar-refractivity contribution in [2.45, 2.75) is 32.0 Å². The van der Waals surface area contributed by atoms with Gasteiger partial charge < -0.3 is 9.64 Å². The Morgan fingerprint density at radius 2 is 1.74 bits per heavy atom. The van der Waals surface area contributed by atoms with Crippen molar-refractivity contribution in [2.24, 2.45) is 0 Å². The average molecular weight is 273 g/mol. The first-order valence-corrected chi connectivity index (χ1v) is 6.55. The molecule has 0 unspecified atom stereocenters. The quantitative estimate of drug-likeness (QED) is 0.834. The van der Waals surface area contributed by atoms with Crippen LogP contribution in [0.2, 0.25) is 0 Å². The largest absolute Gasteiger partial charge is 0.490 e. The van der Waals surface area contributed by atoms with E-state index in [4.69, 9.17) is 4.74 Å². The van der Waals surface area contributed by atoms with Crippen LogP contribution in [0.3, 0.4) is 0 Å². The van der Waals surface area contributed by atoms with Crippen molar-refractivity contribution in [1.29, 1.82) is 0 Å². The SMILES string of the molecule is CCN1CCC(Oc2ccc(C(F)(F)F)cc2)CC1. The predicted octanol–water partition coefficient (Wildman–Crippen LogP) is 3.57. The highest BCUT2D eigenvalue weighted by atomic mass is 19.4. The van der Waals surface area contributed by atoms with Gasteiger partial charge in [0.25, 0.3) is 0 Å². The van der Waals surface area contributed by atoms with Gasteiger partial charge in [-0.3, -0.25) is 0 Å². The maximum atomic E-state index is 12.4. The molecule has 106 valence electrons. The van der Waals surface area contributed by atoms with Crippen LogP contribution in [0, 0.1) is 0 Å². The Kier molecular flexibility index (Phi) is 4.34. The molecule has 0 amide bonds. The lowest BCUT2D eigenvalue weighted by Gasteiger charge is -2.31. The highest BCUT2D eigenvalue weighted by Gasteiger charge is 2.30. The average Bonchev–Trinajstić information content (AvgIpc) is 2.39. The van der Waals surface area contributed by atoms with Crippen molar-refractivity contribution < 1.29 is 17.9 Å². The van der Waals surface area contributed by atoms with Crippen LogP contribution in [0.25, 0.3) is 0 Å². The van der Waals surface area contributed by atoms with Crippen LogP contribution in [-0.2, 0) is 6.18 Å². The zero-order valence-electron chi connectivity index (χ0n) is 10.9. The second kappa shape index (κ2) is 5.82. The Balaban J connectivity index is 1.90. The number of piperidine rings is 1. The van der Waals surface area contributed by atoms with Gasteiger partial charge in [0.15, 0.2) is 0 Å². The number of alkyl halides is 3. The Morgan fingerprint density at radius 3 is 2.21 bits per heavy atom. The fraction of sp³-hybridized carbons (Fsp3) is 0.571. The number of rotatable bonds is 3. The number of benzene rings is 1. The fourth-order valence-corrected chi connectivity index (χ4v) is 2.26. The summed E-state index contributed by atoms with van der Waals surface area (Å²) in [5.41, 5.74) is -0.638. The van der Waals surface area contributed by atoms with Crippen molar-refractivity contribution in [1.82, 2.24) is 4.90 Å². The Morgan fingerprint density at radius 1 is 1.16 bits per heavy atom. The minimum Gasteiger partial charge on any atom is -0.490 e. The fourth-order valence-electron chi connectivity index (χ4n) is 2.26. The van der Waals surface area contributed by atoms with Gasteiger partial charge >= 0.3 is 6.18 Å². The second-order valence-corrected chi connectivity index (χ2v) is 4.77. The van der Waals surface area contributed by atoms with Gasteiger partial charge in [-0.2, -0.15) is 13.2 Å². The number of halogens is 3. The standard InChI is InChI=1S/C14H18F3NO/c1-2-18-9-7-13(8-10-18)19-12-5-3-11(4-6-12)14(15,16)17/h3-6,13H,2,7-10H2,1H3. The molecule has 1 aromatic carbocycles. The number of likely N-dealkylation sites (tertiary alicyclic amines) is 1. The molecule has 1 fully saturated rings. The summed E-state index contributed by atoms with van der Waals surface area (Å²) in [6.45, 7) is 5.13.